The number of furan rings is 1. The van der Waals surface area contributed by atoms with Crippen LogP contribution in [0.2, 0.25) is 0 Å². The van der Waals surface area contributed by atoms with Crippen LogP contribution in [0.15, 0.2) is 15.4 Å². The Morgan fingerprint density at radius 2 is 2.10 bits per heavy atom. The molecule has 122 valence electrons. The normalized spacial score (nSPS) is 12.6. The van der Waals surface area contributed by atoms with E-state index in [0.717, 1.165) is 6.54 Å². The fraction of sp³-hybridized carbons (Fsp3) is 0.583. The summed E-state index contributed by atoms with van der Waals surface area (Å²) in [5.74, 6) is -0.699. The van der Waals surface area contributed by atoms with Gasteiger partial charge in [0.05, 0.1) is 7.11 Å². The molecule has 0 aliphatic carbocycles. The summed E-state index contributed by atoms with van der Waals surface area (Å²) in [4.78, 5) is 11.3. The molecule has 0 saturated carbocycles. The van der Waals surface area contributed by atoms with E-state index in [-0.39, 0.29) is 41.4 Å². The van der Waals surface area contributed by atoms with Crippen molar-refractivity contribution in [3.8, 4) is 0 Å². The molecule has 0 radical (unpaired) electrons. The molecule has 0 spiro atoms. The molecule has 9 heteroatoms. The van der Waals surface area contributed by atoms with Crippen molar-refractivity contribution in [1.29, 1.82) is 0 Å². The molecule has 0 saturated heterocycles. The van der Waals surface area contributed by atoms with Gasteiger partial charge < -0.3 is 14.5 Å². The smallest absolute Gasteiger partial charge is 0.373 e. The van der Waals surface area contributed by atoms with E-state index in [9.17, 15) is 13.2 Å². The molecule has 0 aromatic carbocycles. The second-order valence-corrected chi connectivity index (χ2v) is 6.07. The van der Waals surface area contributed by atoms with Crippen LogP contribution in [0.4, 0.5) is 0 Å². The average molecular weight is 341 g/mol. The molecule has 0 unspecified atom stereocenters. The molecule has 0 aliphatic rings. The zero-order chi connectivity index (χ0) is 15.3. The van der Waals surface area contributed by atoms with Crippen molar-refractivity contribution in [1.82, 2.24) is 10.0 Å². The third kappa shape index (κ3) is 5.31. The zero-order valence-electron chi connectivity index (χ0n) is 12.4. The lowest BCUT2D eigenvalue weighted by atomic mass is 10.3. The first-order valence-electron chi connectivity index (χ1n) is 6.23. The first-order valence-corrected chi connectivity index (χ1v) is 7.72. The Morgan fingerprint density at radius 1 is 1.48 bits per heavy atom. The first kappa shape index (κ1) is 19.9. The maximum atomic E-state index is 12.1. The van der Waals surface area contributed by atoms with Gasteiger partial charge in [0.15, 0.2) is 0 Å². The molecular weight excluding hydrogens is 320 g/mol. The summed E-state index contributed by atoms with van der Waals surface area (Å²) in [5.41, 5.74) is 0. The van der Waals surface area contributed by atoms with Gasteiger partial charge in [-0.25, -0.2) is 17.9 Å². The van der Waals surface area contributed by atoms with Gasteiger partial charge >= 0.3 is 5.97 Å². The largest absolute Gasteiger partial charge is 0.463 e. The van der Waals surface area contributed by atoms with Crippen molar-refractivity contribution < 1.29 is 22.4 Å². The minimum atomic E-state index is -3.72. The topological polar surface area (TPSA) is 97.6 Å². The number of hydrogen-bond donors (Lipinski definition) is 2. The van der Waals surface area contributed by atoms with Crippen molar-refractivity contribution in [2.24, 2.45) is 0 Å². The molecule has 21 heavy (non-hydrogen) atoms. The van der Waals surface area contributed by atoms with Gasteiger partial charge in [-0.2, -0.15) is 0 Å². The highest BCUT2D eigenvalue weighted by Crippen LogP contribution is 2.20. The minimum Gasteiger partial charge on any atom is -0.463 e. The number of aryl methyl sites for hydroxylation is 1. The van der Waals surface area contributed by atoms with Crippen LogP contribution in [0.3, 0.4) is 0 Å². The van der Waals surface area contributed by atoms with E-state index in [1.807, 2.05) is 13.8 Å². The summed E-state index contributed by atoms with van der Waals surface area (Å²) in [7, 11) is -2.52. The van der Waals surface area contributed by atoms with Crippen LogP contribution in [0.1, 0.15) is 30.2 Å². The van der Waals surface area contributed by atoms with E-state index in [4.69, 9.17) is 4.42 Å². The van der Waals surface area contributed by atoms with Gasteiger partial charge in [0, 0.05) is 18.7 Å². The maximum absolute atomic E-state index is 12.1. The van der Waals surface area contributed by atoms with Crippen molar-refractivity contribution in [3.05, 3.63) is 17.6 Å². The molecule has 1 aromatic heterocycles. The molecular formula is C12H21ClN2O5S. The molecule has 1 aromatic rings. The fourth-order valence-corrected chi connectivity index (χ4v) is 2.97. The van der Waals surface area contributed by atoms with Crippen molar-refractivity contribution in [2.45, 2.75) is 31.7 Å². The van der Waals surface area contributed by atoms with E-state index in [2.05, 4.69) is 14.8 Å². The SMILES string of the molecule is CCN[C@H](C)CNS(=O)(=O)c1cc(C(=O)OC)oc1C.Cl. The molecule has 1 atom stereocenters. The predicted octanol–water partition coefficient (Wildman–Crippen LogP) is 1.07. The summed E-state index contributed by atoms with van der Waals surface area (Å²) >= 11 is 0. The molecule has 7 nitrogen and oxygen atoms in total. The molecule has 0 bridgehead atoms. The highest BCUT2D eigenvalue weighted by Gasteiger charge is 2.24. The molecule has 2 N–H and O–H groups in total. The second-order valence-electron chi connectivity index (χ2n) is 4.33. The minimum absolute atomic E-state index is 0. The lowest BCUT2D eigenvalue weighted by Crippen LogP contribution is -2.38. The van der Waals surface area contributed by atoms with E-state index < -0.39 is 16.0 Å². The predicted molar refractivity (Wildman–Crippen MR) is 80.4 cm³/mol. The first-order chi connectivity index (χ1) is 9.31. The molecule has 0 fully saturated rings. The van der Waals surface area contributed by atoms with Gasteiger partial charge in [-0.1, -0.05) is 6.92 Å². The van der Waals surface area contributed by atoms with E-state index in [0.29, 0.717) is 0 Å². The van der Waals surface area contributed by atoms with Crippen LogP contribution in [0, 0.1) is 6.92 Å². The van der Waals surface area contributed by atoms with Gasteiger partial charge in [-0.3, -0.25) is 0 Å². The Hall–Kier alpha value is -1.09. The summed E-state index contributed by atoms with van der Waals surface area (Å²) in [6.45, 7) is 6.28. The zero-order valence-corrected chi connectivity index (χ0v) is 14.1. The van der Waals surface area contributed by atoms with Crippen LogP contribution < -0.4 is 10.0 Å². The van der Waals surface area contributed by atoms with Gasteiger partial charge in [0.25, 0.3) is 0 Å². The third-order valence-electron chi connectivity index (χ3n) is 2.68. The van der Waals surface area contributed by atoms with Crippen LogP contribution in [0.5, 0.6) is 0 Å². The number of carbonyl (C=O) groups is 1. The summed E-state index contributed by atoms with van der Waals surface area (Å²) in [6, 6.07) is 1.17. The van der Waals surface area contributed by atoms with Gasteiger partial charge in [0.2, 0.25) is 15.8 Å². The lowest BCUT2D eigenvalue weighted by Gasteiger charge is -2.13. The maximum Gasteiger partial charge on any atom is 0.373 e. The number of methoxy groups -OCH3 is 1. The Kier molecular flexibility index (Phi) is 7.94. The number of esters is 1. The third-order valence-corrected chi connectivity index (χ3v) is 4.21. The molecule has 1 heterocycles. The average Bonchev–Trinajstić information content (AvgIpc) is 2.79. The van der Waals surface area contributed by atoms with Crippen molar-refractivity contribution in [3.63, 3.8) is 0 Å². The number of likely N-dealkylation sites (N-methyl/N-ethyl adjacent to an activating group) is 1. The molecule has 0 amide bonds. The van der Waals surface area contributed by atoms with Gasteiger partial charge in [-0.05, 0) is 20.4 Å². The number of hydrogen-bond acceptors (Lipinski definition) is 6. The Balaban J connectivity index is 0.00000400. The van der Waals surface area contributed by atoms with E-state index in [1.54, 1.807) is 0 Å². The Bertz CT molecular complexity index is 570. The number of rotatable bonds is 7. The number of carbonyl (C=O) groups excluding carboxylic acids is 1. The number of halogens is 1. The van der Waals surface area contributed by atoms with Crippen LogP contribution >= 0.6 is 12.4 Å². The summed E-state index contributed by atoms with van der Waals surface area (Å²) in [5, 5.41) is 3.09. The standard InChI is InChI=1S/C12H20N2O5S.ClH/c1-5-13-8(2)7-14-20(16,17)11-6-10(12(15)18-4)19-9(11)3;/h6,8,13-14H,5,7H2,1-4H3;1H/t8-;/m1./s1. The van der Waals surface area contributed by atoms with Crippen LogP contribution in [0.25, 0.3) is 0 Å². The summed E-state index contributed by atoms with van der Waals surface area (Å²) < 4.78 is 36.3. The Morgan fingerprint density at radius 3 is 2.62 bits per heavy atom. The van der Waals surface area contributed by atoms with Crippen molar-refractivity contribution in [2.75, 3.05) is 20.2 Å². The van der Waals surface area contributed by atoms with E-state index in [1.165, 1.54) is 20.1 Å². The van der Waals surface area contributed by atoms with Crippen LogP contribution in [-0.2, 0) is 14.8 Å². The van der Waals surface area contributed by atoms with Crippen molar-refractivity contribution >= 4 is 28.4 Å². The van der Waals surface area contributed by atoms with Gasteiger partial charge in [0.1, 0.15) is 10.7 Å². The molecule has 0 aliphatic heterocycles. The Labute approximate surface area is 130 Å². The quantitative estimate of drug-likeness (QED) is 0.721. The number of sulfonamides is 1. The lowest BCUT2D eigenvalue weighted by molar-refractivity contribution is 0.0563. The highest BCUT2D eigenvalue weighted by atomic mass is 35.5. The fourth-order valence-electron chi connectivity index (χ4n) is 1.67. The summed E-state index contributed by atoms with van der Waals surface area (Å²) in [6.07, 6.45) is 0. The van der Waals surface area contributed by atoms with Gasteiger partial charge in [-0.15, -0.1) is 12.4 Å². The molecule has 1 rings (SSSR count). The number of nitrogens with one attached hydrogen (secondary N) is 2. The van der Waals surface area contributed by atoms with Crippen LogP contribution in [-0.4, -0.2) is 40.6 Å². The number of ether oxygens (including phenoxy) is 1. The van der Waals surface area contributed by atoms with E-state index >= 15 is 0 Å². The highest BCUT2D eigenvalue weighted by molar-refractivity contribution is 7.89. The monoisotopic (exact) mass is 340 g/mol. The second kappa shape index (κ2) is 8.38.